The maximum atomic E-state index is 13.7. The molecular formula is C20H22BrF3N4O. The molecule has 3 rings (SSSR count). The summed E-state index contributed by atoms with van der Waals surface area (Å²) in [6.07, 6.45) is -3.05. The van der Waals surface area contributed by atoms with E-state index < -0.39 is 17.6 Å². The van der Waals surface area contributed by atoms with Crippen molar-refractivity contribution in [2.75, 3.05) is 38.0 Å². The van der Waals surface area contributed by atoms with E-state index in [-0.39, 0.29) is 23.5 Å². The molecule has 29 heavy (non-hydrogen) atoms. The molecule has 1 aliphatic rings. The highest BCUT2D eigenvalue weighted by molar-refractivity contribution is 9.10. The Labute approximate surface area is 176 Å². The molecule has 156 valence electrons. The topological polar surface area (TPSA) is 48.5 Å². The summed E-state index contributed by atoms with van der Waals surface area (Å²) in [6.45, 7) is 6.37. The van der Waals surface area contributed by atoms with Gasteiger partial charge >= 0.3 is 6.18 Å². The average Bonchev–Trinajstić information content (AvgIpc) is 2.68. The van der Waals surface area contributed by atoms with E-state index in [4.69, 9.17) is 0 Å². The summed E-state index contributed by atoms with van der Waals surface area (Å²) in [5, 5.41) is 2.53. The summed E-state index contributed by atoms with van der Waals surface area (Å²) in [4.78, 5) is 20.7. The number of aromatic nitrogens is 1. The molecule has 1 aliphatic heterocycles. The fourth-order valence-corrected chi connectivity index (χ4v) is 3.62. The molecule has 0 atom stereocenters. The van der Waals surface area contributed by atoms with E-state index in [1.165, 1.54) is 18.3 Å². The first-order valence-corrected chi connectivity index (χ1v) is 10.1. The average molecular weight is 471 g/mol. The second-order valence-corrected chi connectivity index (χ2v) is 7.81. The van der Waals surface area contributed by atoms with Crippen LogP contribution in [0.15, 0.2) is 41.0 Å². The van der Waals surface area contributed by atoms with Gasteiger partial charge in [0.2, 0.25) is 0 Å². The number of pyridine rings is 1. The van der Waals surface area contributed by atoms with Crippen molar-refractivity contribution in [3.8, 4) is 0 Å². The van der Waals surface area contributed by atoms with Crippen LogP contribution in [0.2, 0.25) is 0 Å². The van der Waals surface area contributed by atoms with Crippen molar-refractivity contribution in [1.29, 1.82) is 0 Å². The van der Waals surface area contributed by atoms with Crippen LogP contribution >= 0.6 is 15.9 Å². The van der Waals surface area contributed by atoms with E-state index in [0.717, 1.165) is 38.8 Å². The molecule has 2 aromatic rings. The molecule has 1 aromatic heterocycles. The molecule has 0 unspecified atom stereocenters. The van der Waals surface area contributed by atoms with Gasteiger partial charge in [0.1, 0.15) is 5.82 Å². The molecule has 1 amide bonds. The van der Waals surface area contributed by atoms with Crippen molar-refractivity contribution >= 4 is 27.7 Å². The minimum atomic E-state index is -4.54. The number of hydrogen-bond acceptors (Lipinski definition) is 4. The van der Waals surface area contributed by atoms with Gasteiger partial charge in [0.25, 0.3) is 5.91 Å². The van der Waals surface area contributed by atoms with Crippen LogP contribution in [-0.4, -0.2) is 53.4 Å². The molecule has 0 aliphatic carbocycles. The van der Waals surface area contributed by atoms with Gasteiger partial charge < -0.3 is 10.2 Å². The fourth-order valence-electron chi connectivity index (χ4n) is 3.29. The molecule has 1 fully saturated rings. The maximum absolute atomic E-state index is 13.7. The van der Waals surface area contributed by atoms with E-state index in [2.05, 4.69) is 38.1 Å². The molecule has 5 nitrogen and oxygen atoms in total. The van der Waals surface area contributed by atoms with E-state index in [0.29, 0.717) is 4.47 Å². The van der Waals surface area contributed by atoms with Gasteiger partial charge in [-0.3, -0.25) is 9.69 Å². The quantitative estimate of drug-likeness (QED) is 0.709. The van der Waals surface area contributed by atoms with Gasteiger partial charge in [0.15, 0.2) is 0 Å². The Hall–Kier alpha value is -1.97. The van der Waals surface area contributed by atoms with Crippen molar-refractivity contribution in [1.82, 2.24) is 14.8 Å². The third-order valence-corrected chi connectivity index (χ3v) is 5.44. The molecule has 0 spiro atoms. The number of carbonyl (C=O) groups excluding carboxylic acids is 1. The molecule has 0 radical (unpaired) electrons. The lowest BCUT2D eigenvalue weighted by Gasteiger charge is -2.34. The minimum absolute atomic E-state index is 0.0568. The molecule has 1 aromatic carbocycles. The van der Waals surface area contributed by atoms with Gasteiger partial charge in [-0.1, -0.05) is 28.9 Å². The van der Waals surface area contributed by atoms with Gasteiger partial charge in [0.05, 0.1) is 5.56 Å². The van der Waals surface area contributed by atoms with E-state index in [1.54, 1.807) is 12.1 Å². The van der Waals surface area contributed by atoms with Gasteiger partial charge in [-0.25, -0.2) is 4.98 Å². The van der Waals surface area contributed by atoms with Gasteiger partial charge in [-0.05, 0) is 36.4 Å². The molecule has 0 bridgehead atoms. The number of carbonyl (C=O) groups is 1. The lowest BCUT2D eigenvalue weighted by Crippen LogP contribution is -2.45. The highest BCUT2D eigenvalue weighted by Gasteiger charge is 2.34. The van der Waals surface area contributed by atoms with Crippen LogP contribution in [-0.2, 0) is 12.7 Å². The highest BCUT2D eigenvalue weighted by Crippen LogP contribution is 2.33. The number of benzene rings is 1. The van der Waals surface area contributed by atoms with E-state index >= 15 is 0 Å². The number of anilines is 1. The molecular weight excluding hydrogens is 449 g/mol. The molecule has 9 heteroatoms. The Morgan fingerprint density at radius 2 is 1.83 bits per heavy atom. The van der Waals surface area contributed by atoms with Gasteiger partial charge in [-0.2, -0.15) is 13.2 Å². The standard InChI is InChI=1S/C20H22BrF3N4O/c1-2-27-7-9-28(10-8-27)13-15-4-3-14(11-17(15)20(22,23)24)19(29)26-18-12-16(21)5-6-25-18/h3-6,11-12H,2,7-10,13H2,1H3,(H,25,26,29). The van der Waals surface area contributed by atoms with E-state index in [9.17, 15) is 18.0 Å². The van der Waals surface area contributed by atoms with Crippen LogP contribution in [0.4, 0.5) is 19.0 Å². The number of nitrogens with one attached hydrogen (secondary N) is 1. The minimum Gasteiger partial charge on any atom is -0.307 e. The van der Waals surface area contributed by atoms with Crippen LogP contribution in [0.3, 0.4) is 0 Å². The number of amides is 1. The zero-order chi connectivity index (χ0) is 21.0. The predicted octanol–water partition coefficient (Wildman–Crippen LogP) is 4.25. The first kappa shape index (κ1) is 21.7. The molecule has 1 N–H and O–H groups in total. The first-order valence-electron chi connectivity index (χ1n) is 9.34. The lowest BCUT2D eigenvalue weighted by molar-refractivity contribution is -0.138. The van der Waals surface area contributed by atoms with Crippen molar-refractivity contribution in [3.05, 3.63) is 57.7 Å². The SMILES string of the molecule is CCN1CCN(Cc2ccc(C(=O)Nc3cc(Br)ccn3)cc2C(F)(F)F)CC1. The van der Waals surface area contributed by atoms with Crippen LogP contribution in [0.5, 0.6) is 0 Å². The first-order chi connectivity index (χ1) is 13.8. The fraction of sp³-hybridized carbons (Fsp3) is 0.400. The second kappa shape index (κ2) is 9.23. The number of alkyl halides is 3. The van der Waals surface area contributed by atoms with Crippen LogP contribution in [0.25, 0.3) is 0 Å². The smallest absolute Gasteiger partial charge is 0.307 e. The summed E-state index contributed by atoms with van der Waals surface area (Å²) < 4.78 is 41.7. The zero-order valence-electron chi connectivity index (χ0n) is 16.0. The number of piperazine rings is 1. The normalized spacial score (nSPS) is 16.0. The number of halogens is 4. The third kappa shape index (κ3) is 5.77. The zero-order valence-corrected chi connectivity index (χ0v) is 17.6. The summed E-state index contributed by atoms with van der Waals surface area (Å²) in [5.41, 5.74) is -0.650. The molecule has 2 heterocycles. The highest BCUT2D eigenvalue weighted by atomic mass is 79.9. The van der Waals surface area contributed by atoms with Crippen molar-refractivity contribution in [3.63, 3.8) is 0 Å². The van der Waals surface area contributed by atoms with Gasteiger partial charge in [-0.15, -0.1) is 0 Å². The molecule has 1 saturated heterocycles. The largest absolute Gasteiger partial charge is 0.416 e. The number of nitrogens with zero attached hydrogens (tertiary/aromatic N) is 3. The Bertz CT molecular complexity index is 867. The van der Waals surface area contributed by atoms with Crippen molar-refractivity contribution < 1.29 is 18.0 Å². The number of hydrogen-bond donors (Lipinski definition) is 1. The van der Waals surface area contributed by atoms with E-state index in [1.807, 2.05) is 4.90 Å². The molecule has 0 saturated carbocycles. The van der Waals surface area contributed by atoms with Crippen LogP contribution in [0.1, 0.15) is 28.4 Å². The second-order valence-electron chi connectivity index (χ2n) is 6.89. The third-order valence-electron chi connectivity index (χ3n) is 4.95. The maximum Gasteiger partial charge on any atom is 0.416 e. The van der Waals surface area contributed by atoms with Crippen molar-refractivity contribution in [2.45, 2.75) is 19.6 Å². The Morgan fingerprint density at radius 1 is 1.14 bits per heavy atom. The lowest BCUT2D eigenvalue weighted by atomic mass is 10.0. The Morgan fingerprint density at radius 3 is 2.45 bits per heavy atom. The Kier molecular flexibility index (Phi) is 6.92. The van der Waals surface area contributed by atoms with Gasteiger partial charge in [0, 0.05) is 49.0 Å². The summed E-state index contributed by atoms with van der Waals surface area (Å²) in [6, 6.07) is 7.02. The predicted molar refractivity (Wildman–Crippen MR) is 109 cm³/mol. The monoisotopic (exact) mass is 470 g/mol. The Balaban J connectivity index is 1.78. The van der Waals surface area contributed by atoms with Crippen LogP contribution < -0.4 is 5.32 Å². The van der Waals surface area contributed by atoms with Crippen molar-refractivity contribution in [2.24, 2.45) is 0 Å². The number of likely N-dealkylation sites (N-methyl/N-ethyl adjacent to an activating group) is 1. The number of rotatable bonds is 5. The van der Waals surface area contributed by atoms with Crippen LogP contribution in [0, 0.1) is 0 Å². The summed E-state index contributed by atoms with van der Waals surface area (Å²) >= 11 is 3.26. The summed E-state index contributed by atoms with van der Waals surface area (Å²) in [7, 11) is 0. The summed E-state index contributed by atoms with van der Waals surface area (Å²) in [5.74, 6) is -0.375.